The molecule has 1 aromatic heterocycles. The molecule has 0 saturated heterocycles. The maximum Gasteiger partial charge on any atom is 0.113 e. The van der Waals surface area contributed by atoms with E-state index >= 15 is 0 Å². The number of benzene rings is 3. The van der Waals surface area contributed by atoms with Crippen LogP contribution in [0.3, 0.4) is 0 Å². The van der Waals surface area contributed by atoms with E-state index in [1.807, 2.05) is 13.4 Å². The Balaban J connectivity index is 1.88. The Kier molecular flexibility index (Phi) is 3.04. The highest BCUT2D eigenvalue weighted by Gasteiger charge is 2.20. The fourth-order valence-electron chi connectivity index (χ4n) is 3.64. The molecular weight excluding hydrogens is 308 g/mol. The highest BCUT2D eigenvalue weighted by Crippen LogP contribution is 2.38. The fraction of sp³-hybridized carbons (Fsp3) is 0.0952. The van der Waals surface area contributed by atoms with Crippen molar-refractivity contribution in [1.29, 1.82) is 0 Å². The predicted molar refractivity (Wildman–Crippen MR) is 104 cm³/mol. The molecule has 3 aromatic carbocycles. The topological polar surface area (TPSA) is 23.8 Å². The van der Waals surface area contributed by atoms with Crippen LogP contribution in [-0.2, 0) is 0 Å². The van der Waals surface area contributed by atoms with Crippen LogP contribution in [0.15, 0.2) is 77.9 Å². The van der Waals surface area contributed by atoms with Crippen molar-refractivity contribution in [2.45, 2.75) is 0 Å². The van der Waals surface area contributed by atoms with Crippen LogP contribution in [0.25, 0.3) is 27.5 Å². The minimum Gasteiger partial charge on any atom is -0.345 e. The zero-order valence-corrected chi connectivity index (χ0v) is 14.0. The average molecular weight is 326 g/mol. The molecule has 0 bridgehead atoms. The van der Waals surface area contributed by atoms with Crippen LogP contribution in [0.2, 0.25) is 0 Å². The minimum absolute atomic E-state index is 0.768. The number of aromatic nitrogens is 1. The van der Waals surface area contributed by atoms with Gasteiger partial charge in [0.25, 0.3) is 0 Å². The Labute approximate surface area is 146 Å². The van der Waals surface area contributed by atoms with Gasteiger partial charge in [0.2, 0.25) is 0 Å². The Morgan fingerprint density at radius 1 is 0.800 bits per heavy atom. The summed E-state index contributed by atoms with van der Waals surface area (Å²) in [5.74, 6) is 0. The Morgan fingerprint density at radius 3 is 2.36 bits per heavy atom. The molecule has 0 saturated carbocycles. The van der Waals surface area contributed by atoms with E-state index in [1.165, 1.54) is 27.5 Å². The molecule has 4 aromatic rings. The van der Waals surface area contributed by atoms with E-state index < -0.39 is 0 Å². The van der Waals surface area contributed by atoms with E-state index in [9.17, 15) is 0 Å². The summed E-state index contributed by atoms with van der Waals surface area (Å²) in [4.78, 5) is 2.08. The molecule has 4 nitrogen and oxygen atoms in total. The molecule has 0 amide bonds. The molecule has 0 N–H and O–H groups in total. The molecule has 0 unspecified atom stereocenters. The van der Waals surface area contributed by atoms with Crippen LogP contribution in [-0.4, -0.2) is 29.5 Å². The number of nitrogens with zero attached hydrogens (tertiary/aromatic N) is 4. The summed E-state index contributed by atoms with van der Waals surface area (Å²) in [5, 5.41) is 9.11. The van der Waals surface area contributed by atoms with Crippen LogP contribution in [0.5, 0.6) is 0 Å². The van der Waals surface area contributed by atoms with Gasteiger partial charge in [0, 0.05) is 23.5 Å². The maximum absolute atomic E-state index is 4.55. The van der Waals surface area contributed by atoms with Gasteiger partial charge in [-0.1, -0.05) is 42.5 Å². The smallest absolute Gasteiger partial charge is 0.113 e. The first kappa shape index (κ1) is 14.1. The van der Waals surface area contributed by atoms with Crippen molar-refractivity contribution in [3.05, 3.63) is 72.8 Å². The number of fused-ring (bicyclic) bond motifs is 3. The fourth-order valence-corrected chi connectivity index (χ4v) is 3.64. The lowest BCUT2D eigenvalue weighted by atomic mass is 10.1. The maximum atomic E-state index is 4.55. The molecule has 0 atom stereocenters. The third kappa shape index (κ3) is 2.11. The zero-order chi connectivity index (χ0) is 16.8. The standard InChI is InChI=1S/C21H18N4/c1-23-14-22-24(15-23)19-12-7-13-20-21(19)17-10-5-6-11-18(17)25(20)16-8-3-2-4-9-16/h2-14H,15H2,1H3. The summed E-state index contributed by atoms with van der Waals surface area (Å²) >= 11 is 0. The molecule has 25 heavy (non-hydrogen) atoms. The van der Waals surface area contributed by atoms with Crippen molar-refractivity contribution in [3.8, 4) is 5.69 Å². The Morgan fingerprint density at radius 2 is 1.56 bits per heavy atom. The van der Waals surface area contributed by atoms with E-state index in [4.69, 9.17) is 0 Å². The first-order valence-corrected chi connectivity index (χ1v) is 8.42. The summed E-state index contributed by atoms with van der Waals surface area (Å²) < 4.78 is 2.33. The van der Waals surface area contributed by atoms with Gasteiger partial charge >= 0.3 is 0 Å². The lowest BCUT2D eigenvalue weighted by Crippen LogP contribution is -2.22. The SMILES string of the molecule is CN1C=NN(c2cccc3c2c2ccccc2n3-c2ccccc2)C1. The highest BCUT2D eigenvalue weighted by atomic mass is 15.6. The van der Waals surface area contributed by atoms with Crippen LogP contribution in [0, 0.1) is 0 Å². The van der Waals surface area contributed by atoms with Crippen LogP contribution < -0.4 is 5.01 Å². The Bertz CT molecular complexity index is 1090. The molecule has 0 aliphatic carbocycles. The molecule has 5 rings (SSSR count). The third-order valence-corrected chi connectivity index (χ3v) is 4.71. The van der Waals surface area contributed by atoms with Crippen LogP contribution in [0.1, 0.15) is 0 Å². The second kappa shape index (κ2) is 5.38. The number of hydrogen-bond donors (Lipinski definition) is 0. The average Bonchev–Trinajstić information content (AvgIpc) is 3.23. The van der Waals surface area contributed by atoms with Crippen molar-refractivity contribution >= 4 is 33.8 Å². The summed E-state index contributed by atoms with van der Waals surface area (Å²) in [6, 6.07) is 25.6. The van der Waals surface area contributed by atoms with Crippen molar-refractivity contribution in [2.75, 3.05) is 18.7 Å². The first-order chi connectivity index (χ1) is 12.3. The first-order valence-electron chi connectivity index (χ1n) is 8.42. The number of anilines is 1. The molecule has 1 aliphatic rings. The predicted octanol–water partition coefficient (Wildman–Crippen LogP) is 4.44. The van der Waals surface area contributed by atoms with Gasteiger partial charge < -0.3 is 9.47 Å². The van der Waals surface area contributed by atoms with Crippen molar-refractivity contribution in [3.63, 3.8) is 0 Å². The van der Waals surface area contributed by atoms with Gasteiger partial charge in [-0.25, -0.2) is 5.01 Å². The molecule has 4 heteroatoms. The normalized spacial score (nSPS) is 14.1. The summed E-state index contributed by atoms with van der Waals surface area (Å²) in [6.45, 7) is 0.768. The molecule has 0 spiro atoms. The molecule has 0 fully saturated rings. The van der Waals surface area contributed by atoms with Gasteiger partial charge in [-0.3, -0.25) is 0 Å². The summed E-state index contributed by atoms with van der Waals surface area (Å²) in [5.41, 5.74) is 4.74. The largest absolute Gasteiger partial charge is 0.345 e. The molecule has 2 heterocycles. The van der Waals surface area contributed by atoms with Gasteiger partial charge in [-0.05, 0) is 30.3 Å². The minimum atomic E-state index is 0.768. The highest BCUT2D eigenvalue weighted by molar-refractivity contribution is 6.15. The number of rotatable bonds is 2. The lowest BCUT2D eigenvalue weighted by Gasteiger charge is -2.17. The van der Waals surface area contributed by atoms with Gasteiger partial charge in [0.15, 0.2) is 0 Å². The van der Waals surface area contributed by atoms with E-state index in [2.05, 4.69) is 92.4 Å². The van der Waals surface area contributed by atoms with Crippen molar-refractivity contribution in [1.82, 2.24) is 9.47 Å². The van der Waals surface area contributed by atoms with E-state index in [0.717, 1.165) is 12.4 Å². The summed E-state index contributed by atoms with van der Waals surface area (Å²) in [7, 11) is 2.04. The number of hydrazone groups is 1. The van der Waals surface area contributed by atoms with E-state index in [-0.39, 0.29) is 0 Å². The number of para-hydroxylation sites is 2. The molecule has 1 aliphatic heterocycles. The van der Waals surface area contributed by atoms with Crippen molar-refractivity contribution in [2.24, 2.45) is 5.10 Å². The van der Waals surface area contributed by atoms with Crippen molar-refractivity contribution < 1.29 is 0 Å². The van der Waals surface area contributed by atoms with Gasteiger partial charge in [0.1, 0.15) is 13.0 Å². The quantitative estimate of drug-likeness (QED) is 0.544. The number of hydrogen-bond acceptors (Lipinski definition) is 3. The molecule has 0 radical (unpaired) electrons. The van der Waals surface area contributed by atoms with Gasteiger partial charge in [0.05, 0.1) is 16.7 Å². The third-order valence-electron chi connectivity index (χ3n) is 4.71. The molecule has 122 valence electrons. The van der Waals surface area contributed by atoms with Crippen LogP contribution in [0.4, 0.5) is 5.69 Å². The zero-order valence-electron chi connectivity index (χ0n) is 14.0. The van der Waals surface area contributed by atoms with E-state index in [1.54, 1.807) is 0 Å². The second-order valence-corrected chi connectivity index (χ2v) is 6.39. The lowest BCUT2D eigenvalue weighted by molar-refractivity contribution is 0.550. The van der Waals surface area contributed by atoms with Crippen LogP contribution >= 0.6 is 0 Å². The van der Waals surface area contributed by atoms with E-state index in [0.29, 0.717) is 0 Å². The second-order valence-electron chi connectivity index (χ2n) is 6.39. The molecular formula is C21H18N4. The van der Waals surface area contributed by atoms with Gasteiger partial charge in [-0.2, -0.15) is 5.10 Å². The summed E-state index contributed by atoms with van der Waals surface area (Å²) in [6.07, 6.45) is 1.87. The monoisotopic (exact) mass is 326 g/mol. The Hall–Kier alpha value is -3.27. The van der Waals surface area contributed by atoms with Gasteiger partial charge in [-0.15, -0.1) is 0 Å².